The quantitative estimate of drug-likeness (QED) is 0.738. The number of carbonyl (C=O) groups is 1. The van der Waals surface area contributed by atoms with Gasteiger partial charge < -0.3 is 10.1 Å². The fourth-order valence-corrected chi connectivity index (χ4v) is 4.70. The number of ether oxygens (including phenoxy) is 1. The molecule has 1 amide bonds. The number of anilines is 1. The monoisotopic (exact) mass is 379 g/mol. The number of methoxy groups -OCH3 is 1. The van der Waals surface area contributed by atoms with Gasteiger partial charge in [-0.25, -0.2) is 4.68 Å². The van der Waals surface area contributed by atoms with Crippen molar-refractivity contribution in [2.75, 3.05) is 18.2 Å². The van der Waals surface area contributed by atoms with Crippen molar-refractivity contribution in [1.29, 1.82) is 0 Å². The van der Waals surface area contributed by atoms with Crippen LogP contribution in [-0.4, -0.2) is 28.6 Å². The van der Waals surface area contributed by atoms with Gasteiger partial charge >= 0.3 is 0 Å². The number of nitrogens with one attached hydrogen (secondary N) is 1. The van der Waals surface area contributed by atoms with Gasteiger partial charge in [0.2, 0.25) is 5.91 Å². The molecule has 27 heavy (non-hydrogen) atoms. The zero-order valence-corrected chi connectivity index (χ0v) is 16.3. The molecule has 5 nitrogen and oxygen atoms in total. The minimum absolute atomic E-state index is 0.00741. The lowest BCUT2D eigenvalue weighted by Gasteiger charge is -2.17. The van der Waals surface area contributed by atoms with E-state index in [0.29, 0.717) is 5.75 Å². The molecule has 0 saturated carbocycles. The SMILES string of the molecule is COc1ccc(-n2nc(C)c3c2NC(=O)CS[C@H]3c2ccccc2C)cc1. The number of carbonyl (C=O) groups excluding carboxylic acids is 1. The number of hydrogen-bond donors (Lipinski definition) is 1. The van der Waals surface area contributed by atoms with Crippen LogP contribution in [0.1, 0.15) is 27.6 Å². The van der Waals surface area contributed by atoms with Crippen molar-refractivity contribution in [2.45, 2.75) is 19.1 Å². The number of hydrogen-bond acceptors (Lipinski definition) is 4. The van der Waals surface area contributed by atoms with Crippen molar-refractivity contribution in [3.63, 3.8) is 0 Å². The van der Waals surface area contributed by atoms with Gasteiger partial charge in [-0.15, -0.1) is 11.8 Å². The predicted octanol–water partition coefficient (Wildman–Crippen LogP) is 4.27. The van der Waals surface area contributed by atoms with E-state index < -0.39 is 0 Å². The second-order valence-corrected chi connectivity index (χ2v) is 7.65. The van der Waals surface area contributed by atoms with Gasteiger partial charge in [-0.2, -0.15) is 5.10 Å². The molecular weight excluding hydrogens is 358 g/mol. The summed E-state index contributed by atoms with van der Waals surface area (Å²) in [4.78, 5) is 12.4. The molecule has 138 valence electrons. The number of fused-ring (bicyclic) bond motifs is 1. The van der Waals surface area contributed by atoms with Gasteiger partial charge in [0.05, 0.1) is 29.5 Å². The minimum atomic E-state index is -0.00741. The fourth-order valence-electron chi connectivity index (χ4n) is 3.42. The number of rotatable bonds is 3. The smallest absolute Gasteiger partial charge is 0.235 e. The van der Waals surface area contributed by atoms with Crippen molar-refractivity contribution in [2.24, 2.45) is 0 Å². The van der Waals surface area contributed by atoms with Gasteiger partial charge in [-0.05, 0) is 49.2 Å². The molecule has 1 aromatic heterocycles. The standard InChI is InChI=1S/C21H21N3O2S/c1-13-6-4-5-7-17(13)20-19-14(2)23-24(21(19)22-18(25)12-27-20)15-8-10-16(26-3)11-9-15/h4-11,20H,12H2,1-3H3,(H,22,25)/t20-/m0/s1. The maximum Gasteiger partial charge on any atom is 0.235 e. The third kappa shape index (κ3) is 3.21. The van der Waals surface area contributed by atoms with Crippen LogP contribution in [-0.2, 0) is 4.79 Å². The first-order chi connectivity index (χ1) is 13.1. The summed E-state index contributed by atoms with van der Waals surface area (Å²) in [7, 11) is 1.64. The van der Waals surface area contributed by atoms with Crippen LogP contribution in [0.2, 0.25) is 0 Å². The third-order valence-corrected chi connectivity index (χ3v) is 6.05. The first-order valence-corrected chi connectivity index (χ1v) is 9.84. The van der Waals surface area contributed by atoms with Gasteiger partial charge in [0.15, 0.2) is 0 Å². The van der Waals surface area contributed by atoms with Gasteiger partial charge in [-0.1, -0.05) is 24.3 Å². The van der Waals surface area contributed by atoms with Crippen LogP contribution < -0.4 is 10.1 Å². The van der Waals surface area contributed by atoms with Crippen molar-refractivity contribution >= 4 is 23.5 Å². The molecule has 0 radical (unpaired) electrons. The van der Waals surface area contributed by atoms with Crippen LogP contribution in [0.15, 0.2) is 48.5 Å². The van der Waals surface area contributed by atoms with Crippen LogP contribution in [0.3, 0.4) is 0 Å². The zero-order chi connectivity index (χ0) is 19.0. The van der Waals surface area contributed by atoms with Crippen molar-refractivity contribution in [1.82, 2.24) is 9.78 Å². The average molecular weight is 379 g/mol. The number of aryl methyl sites for hydroxylation is 2. The number of benzene rings is 2. The van der Waals surface area contributed by atoms with Crippen LogP contribution in [0.4, 0.5) is 5.82 Å². The molecule has 1 atom stereocenters. The van der Waals surface area contributed by atoms with Gasteiger partial charge in [0.1, 0.15) is 11.6 Å². The van der Waals surface area contributed by atoms with E-state index in [1.54, 1.807) is 18.9 Å². The Morgan fingerprint density at radius 2 is 1.89 bits per heavy atom. The molecular formula is C21H21N3O2S. The number of amides is 1. The summed E-state index contributed by atoms with van der Waals surface area (Å²) in [5.41, 5.74) is 5.31. The molecule has 1 aliphatic heterocycles. The molecule has 0 spiro atoms. The Labute approximate surface area is 162 Å². The van der Waals surface area contributed by atoms with Crippen molar-refractivity contribution < 1.29 is 9.53 Å². The normalized spacial score (nSPS) is 16.4. The topological polar surface area (TPSA) is 56.1 Å². The zero-order valence-electron chi connectivity index (χ0n) is 15.5. The first-order valence-electron chi connectivity index (χ1n) is 8.79. The summed E-state index contributed by atoms with van der Waals surface area (Å²) in [6, 6.07) is 16.0. The fraction of sp³-hybridized carbons (Fsp3) is 0.238. The predicted molar refractivity (Wildman–Crippen MR) is 109 cm³/mol. The van der Waals surface area contributed by atoms with Crippen LogP contribution in [0, 0.1) is 13.8 Å². The lowest BCUT2D eigenvalue weighted by Crippen LogP contribution is -2.15. The second-order valence-electron chi connectivity index (χ2n) is 6.55. The molecule has 1 aliphatic rings. The van der Waals surface area contributed by atoms with Crippen LogP contribution in [0.5, 0.6) is 5.75 Å². The van der Waals surface area contributed by atoms with Crippen molar-refractivity contribution in [3.8, 4) is 11.4 Å². The Morgan fingerprint density at radius 1 is 1.15 bits per heavy atom. The van der Waals surface area contributed by atoms with Gasteiger partial charge in [0, 0.05) is 5.56 Å². The van der Waals surface area contributed by atoms with E-state index >= 15 is 0 Å². The Hall–Kier alpha value is -2.73. The largest absolute Gasteiger partial charge is 0.497 e. The average Bonchev–Trinajstić information content (AvgIpc) is 2.88. The third-order valence-electron chi connectivity index (χ3n) is 4.80. The second kappa shape index (κ2) is 7.12. The highest BCUT2D eigenvalue weighted by molar-refractivity contribution is 8.00. The minimum Gasteiger partial charge on any atom is -0.497 e. The Morgan fingerprint density at radius 3 is 2.59 bits per heavy atom. The molecule has 0 unspecified atom stereocenters. The maximum absolute atomic E-state index is 12.4. The lowest BCUT2D eigenvalue weighted by molar-refractivity contribution is -0.113. The molecule has 6 heteroatoms. The number of aromatic nitrogens is 2. The summed E-state index contributed by atoms with van der Waals surface area (Å²) in [6.07, 6.45) is 0. The highest BCUT2D eigenvalue weighted by atomic mass is 32.2. The lowest BCUT2D eigenvalue weighted by atomic mass is 10.00. The van der Waals surface area contributed by atoms with Gasteiger partial charge in [0.25, 0.3) is 0 Å². The Balaban J connectivity index is 1.87. The molecule has 0 fully saturated rings. The summed E-state index contributed by atoms with van der Waals surface area (Å²) >= 11 is 1.65. The summed E-state index contributed by atoms with van der Waals surface area (Å²) in [6.45, 7) is 4.11. The van der Waals surface area contributed by atoms with E-state index in [1.165, 1.54) is 11.1 Å². The number of thioether (sulfide) groups is 1. The molecule has 2 heterocycles. The highest BCUT2D eigenvalue weighted by Gasteiger charge is 2.31. The van der Waals surface area contributed by atoms with E-state index in [2.05, 4.69) is 24.4 Å². The summed E-state index contributed by atoms with van der Waals surface area (Å²) in [5, 5.41) is 7.88. The number of nitrogens with zero attached hydrogens (tertiary/aromatic N) is 2. The van der Waals surface area contributed by atoms with E-state index in [1.807, 2.05) is 48.0 Å². The van der Waals surface area contributed by atoms with Crippen LogP contribution >= 0.6 is 11.8 Å². The van der Waals surface area contributed by atoms with E-state index in [0.717, 1.165) is 28.5 Å². The molecule has 4 rings (SSSR count). The molecule has 0 bridgehead atoms. The summed E-state index contributed by atoms with van der Waals surface area (Å²) < 4.78 is 7.06. The molecule has 0 saturated heterocycles. The molecule has 3 aromatic rings. The molecule has 0 aliphatic carbocycles. The molecule has 2 aromatic carbocycles. The van der Waals surface area contributed by atoms with Gasteiger partial charge in [-0.3, -0.25) is 4.79 Å². The van der Waals surface area contributed by atoms with Crippen LogP contribution in [0.25, 0.3) is 5.69 Å². The van der Waals surface area contributed by atoms with Crippen molar-refractivity contribution in [3.05, 3.63) is 70.9 Å². The molecule has 1 N–H and O–H groups in total. The van der Waals surface area contributed by atoms with E-state index in [4.69, 9.17) is 9.84 Å². The van der Waals surface area contributed by atoms with E-state index in [9.17, 15) is 4.79 Å². The highest BCUT2D eigenvalue weighted by Crippen LogP contribution is 2.44. The van der Waals surface area contributed by atoms with E-state index in [-0.39, 0.29) is 11.2 Å². The Kier molecular flexibility index (Phi) is 4.66. The first kappa shape index (κ1) is 17.7. The Bertz CT molecular complexity index is 995. The maximum atomic E-state index is 12.4. The summed E-state index contributed by atoms with van der Waals surface area (Å²) in [5.74, 6) is 1.94.